The van der Waals surface area contributed by atoms with Crippen LogP contribution in [0.1, 0.15) is 50.2 Å². The monoisotopic (exact) mass is 404 g/mol. The van der Waals surface area contributed by atoms with Crippen LogP contribution in [0.2, 0.25) is 0 Å². The Morgan fingerprint density at radius 2 is 1.66 bits per heavy atom. The van der Waals surface area contributed by atoms with E-state index < -0.39 is 12.0 Å². The maximum absolute atomic E-state index is 12.8. The lowest BCUT2D eigenvalue weighted by molar-refractivity contribution is -0.139. The number of ether oxygens (including phenoxy) is 2. The number of aliphatic hydroxyl groups is 1. The Balaban J connectivity index is 1.44. The summed E-state index contributed by atoms with van der Waals surface area (Å²) in [6.07, 6.45) is 3.91. The van der Waals surface area contributed by atoms with Crippen LogP contribution >= 0.6 is 0 Å². The molecule has 0 bridgehead atoms. The number of methoxy groups -OCH3 is 2. The van der Waals surface area contributed by atoms with Crippen LogP contribution in [0, 0.1) is 5.92 Å². The van der Waals surface area contributed by atoms with Gasteiger partial charge in [-0.2, -0.15) is 0 Å². The number of nitrogens with one attached hydrogen (secondary N) is 1. The van der Waals surface area contributed by atoms with E-state index in [1.165, 1.54) is 0 Å². The van der Waals surface area contributed by atoms with Gasteiger partial charge >= 0.3 is 0 Å². The molecule has 0 radical (unpaired) electrons. The number of carbonyl (C=O) groups excluding carboxylic acids is 2. The van der Waals surface area contributed by atoms with Crippen molar-refractivity contribution in [1.82, 2.24) is 10.2 Å². The summed E-state index contributed by atoms with van der Waals surface area (Å²) in [4.78, 5) is 27.1. The van der Waals surface area contributed by atoms with Crippen LogP contribution < -0.4 is 10.1 Å². The summed E-state index contributed by atoms with van der Waals surface area (Å²) in [7, 11) is 3.30. The number of hydrogen-bond donors (Lipinski definition) is 2. The fourth-order valence-corrected chi connectivity index (χ4v) is 4.27. The number of hydrogen-bond acceptors (Lipinski definition) is 5. The van der Waals surface area contributed by atoms with Gasteiger partial charge in [-0.1, -0.05) is 12.1 Å². The maximum atomic E-state index is 12.8. The van der Waals surface area contributed by atoms with E-state index in [0.717, 1.165) is 51.6 Å². The van der Waals surface area contributed by atoms with Gasteiger partial charge < -0.3 is 24.8 Å². The second-order valence-corrected chi connectivity index (χ2v) is 7.99. The molecule has 1 aromatic rings. The van der Waals surface area contributed by atoms with E-state index >= 15 is 0 Å². The van der Waals surface area contributed by atoms with Gasteiger partial charge in [-0.3, -0.25) is 9.59 Å². The minimum atomic E-state index is -1.21. The van der Waals surface area contributed by atoms with Crippen LogP contribution in [0.3, 0.4) is 0 Å². The highest BCUT2D eigenvalue weighted by Crippen LogP contribution is 2.28. The molecule has 1 aromatic carbocycles. The van der Waals surface area contributed by atoms with Crippen LogP contribution in [0.5, 0.6) is 5.75 Å². The standard InChI is InChI=1S/C22H32N2O5/c1-28-18-9-5-15(6-10-18)20(25)21(26)23-17-7-3-16(4-8-17)22(27)24-13-11-19(29-2)12-14-24/h5-6,9-10,16-17,19-20,25H,3-4,7-8,11-14H2,1-2H3,(H,23,26). The van der Waals surface area contributed by atoms with Gasteiger partial charge in [0, 0.05) is 32.2 Å². The second kappa shape index (κ2) is 10.1. The lowest BCUT2D eigenvalue weighted by atomic mass is 9.84. The number of piperidine rings is 1. The summed E-state index contributed by atoms with van der Waals surface area (Å²) < 4.78 is 10.5. The molecular formula is C22H32N2O5. The van der Waals surface area contributed by atoms with Gasteiger partial charge in [0.25, 0.3) is 5.91 Å². The SMILES string of the molecule is COc1ccc(C(O)C(=O)NC2CCC(C(=O)N3CCC(OC)CC3)CC2)cc1. The van der Waals surface area contributed by atoms with Crippen molar-refractivity contribution in [2.75, 3.05) is 27.3 Å². The lowest BCUT2D eigenvalue weighted by Crippen LogP contribution is -2.46. The molecule has 29 heavy (non-hydrogen) atoms. The van der Waals surface area contributed by atoms with Crippen molar-refractivity contribution in [3.8, 4) is 5.75 Å². The van der Waals surface area contributed by atoms with Crippen LogP contribution in [0.15, 0.2) is 24.3 Å². The first-order chi connectivity index (χ1) is 14.0. The molecule has 1 atom stereocenters. The van der Waals surface area contributed by atoms with E-state index in [9.17, 15) is 14.7 Å². The molecule has 2 N–H and O–H groups in total. The molecule has 2 amide bonds. The summed E-state index contributed by atoms with van der Waals surface area (Å²) in [5.74, 6) is 0.554. The van der Waals surface area contributed by atoms with Crippen molar-refractivity contribution in [2.24, 2.45) is 5.92 Å². The minimum absolute atomic E-state index is 0.00123. The largest absolute Gasteiger partial charge is 0.497 e. The smallest absolute Gasteiger partial charge is 0.253 e. The Hall–Kier alpha value is -2.12. The molecule has 1 heterocycles. The van der Waals surface area contributed by atoms with Crippen LogP contribution in [-0.2, 0) is 14.3 Å². The Kier molecular flexibility index (Phi) is 7.50. The third-order valence-electron chi connectivity index (χ3n) is 6.19. The number of carbonyl (C=O) groups is 2. The summed E-state index contributed by atoms with van der Waals surface area (Å²) in [6, 6.07) is 6.81. The predicted molar refractivity (Wildman–Crippen MR) is 108 cm³/mol. The molecule has 0 spiro atoms. The number of likely N-dealkylation sites (tertiary alicyclic amines) is 1. The van der Waals surface area contributed by atoms with Gasteiger partial charge in [-0.05, 0) is 56.2 Å². The number of benzene rings is 1. The van der Waals surface area contributed by atoms with Crippen molar-refractivity contribution < 1.29 is 24.2 Å². The Bertz CT molecular complexity index is 677. The van der Waals surface area contributed by atoms with Gasteiger partial charge in [-0.25, -0.2) is 0 Å². The molecule has 3 rings (SSSR count). The molecule has 1 saturated heterocycles. The maximum Gasteiger partial charge on any atom is 0.253 e. The fourth-order valence-electron chi connectivity index (χ4n) is 4.27. The summed E-state index contributed by atoms with van der Waals surface area (Å²) >= 11 is 0. The lowest BCUT2D eigenvalue weighted by Gasteiger charge is -2.36. The zero-order valence-corrected chi connectivity index (χ0v) is 17.3. The van der Waals surface area contributed by atoms with Crippen molar-refractivity contribution in [2.45, 2.75) is 56.8 Å². The first kappa shape index (κ1) is 21.6. The zero-order chi connectivity index (χ0) is 20.8. The normalized spacial score (nSPS) is 24.0. The number of aliphatic hydroxyl groups excluding tert-OH is 1. The molecule has 1 saturated carbocycles. The first-order valence-electron chi connectivity index (χ1n) is 10.5. The molecule has 2 fully saturated rings. The summed E-state index contributed by atoms with van der Waals surface area (Å²) in [6.45, 7) is 1.53. The van der Waals surface area contributed by atoms with Gasteiger partial charge in [0.1, 0.15) is 5.75 Å². The van der Waals surface area contributed by atoms with Crippen LogP contribution in [0.25, 0.3) is 0 Å². The molecule has 0 aromatic heterocycles. The number of amides is 2. The van der Waals surface area contributed by atoms with Crippen LogP contribution in [-0.4, -0.2) is 61.3 Å². The van der Waals surface area contributed by atoms with E-state index in [1.807, 2.05) is 4.90 Å². The molecule has 7 heteroatoms. The number of rotatable bonds is 6. The fraction of sp³-hybridized carbons (Fsp3) is 0.636. The highest BCUT2D eigenvalue weighted by atomic mass is 16.5. The van der Waals surface area contributed by atoms with E-state index in [1.54, 1.807) is 38.5 Å². The molecule has 1 aliphatic carbocycles. The average molecular weight is 405 g/mol. The van der Waals surface area contributed by atoms with E-state index in [2.05, 4.69) is 5.32 Å². The number of nitrogens with zero attached hydrogens (tertiary/aromatic N) is 1. The van der Waals surface area contributed by atoms with Crippen molar-refractivity contribution in [1.29, 1.82) is 0 Å². The van der Waals surface area contributed by atoms with E-state index in [-0.39, 0.29) is 24.0 Å². The van der Waals surface area contributed by atoms with Crippen molar-refractivity contribution in [3.63, 3.8) is 0 Å². The van der Waals surface area contributed by atoms with Crippen LogP contribution in [0.4, 0.5) is 0 Å². The van der Waals surface area contributed by atoms with E-state index in [4.69, 9.17) is 9.47 Å². The average Bonchev–Trinajstić information content (AvgIpc) is 2.78. The molecular weight excluding hydrogens is 372 g/mol. The van der Waals surface area contributed by atoms with Gasteiger partial charge in [0.15, 0.2) is 6.10 Å². The Labute approximate surface area is 172 Å². The first-order valence-corrected chi connectivity index (χ1v) is 10.5. The Morgan fingerprint density at radius 1 is 1.03 bits per heavy atom. The quantitative estimate of drug-likeness (QED) is 0.758. The minimum Gasteiger partial charge on any atom is -0.497 e. The van der Waals surface area contributed by atoms with Crippen molar-refractivity contribution in [3.05, 3.63) is 29.8 Å². The highest BCUT2D eigenvalue weighted by molar-refractivity contribution is 5.82. The third-order valence-corrected chi connectivity index (χ3v) is 6.19. The molecule has 1 aliphatic heterocycles. The van der Waals surface area contributed by atoms with Gasteiger partial charge in [-0.15, -0.1) is 0 Å². The van der Waals surface area contributed by atoms with Crippen molar-refractivity contribution >= 4 is 11.8 Å². The Morgan fingerprint density at radius 3 is 2.21 bits per heavy atom. The molecule has 7 nitrogen and oxygen atoms in total. The molecule has 160 valence electrons. The summed E-state index contributed by atoms with van der Waals surface area (Å²) in [5.41, 5.74) is 0.534. The van der Waals surface area contributed by atoms with Gasteiger partial charge in [0.2, 0.25) is 5.91 Å². The zero-order valence-electron chi connectivity index (χ0n) is 17.3. The summed E-state index contributed by atoms with van der Waals surface area (Å²) in [5, 5.41) is 13.2. The predicted octanol–water partition coefficient (Wildman–Crippen LogP) is 2.04. The highest BCUT2D eigenvalue weighted by Gasteiger charge is 2.32. The molecule has 1 unspecified atom stereocenters. The second-order valence-electron chi connectivity index (χ2n) is 7.99. The topological polar surface area (TPSA) is 88.1 Å². The molecule has 2 aliphatic rings. The van der Waals surface area contributed by atoms with Gasteiger partial charge in [0.05, 0.1) is 13.2 Å². The van der Waals surface area contributed by atoms with E-state index in [0.29, 0.717) is 11.3 Å². The third kappa shape index (κ3) is 5.48.